The average Bonchev–Trinajstić information content (AvgIpc) is 3.07. The molecule has 1 heterocycles. The third kappa shape index (κ3) is 13.1. The number of unbranched alkanes of at least 4 members (excludes halogenated alkanes) is 6. The van der Waals surface area contributed by atoms with E-state index in [9.17, 15) is 0 Å². The van der Waals surface area contributed by atoms with Crippen molar-refractivity contribution in [1.29, 1.82) is 0 Å². The molecule has 0 aliphatic heterocycles. The van der Waals surface area contributed by atoms with Gasteiger partial charge in [0.05, 0.1) is 13.1 Å². The maximum absolute atomic E-state index is 5.60. The van der Waals surface area contributed by atoms with Crippen molar-refractivity contribution in [2.45, 2.75) is 91.1 Å². The van der Waals surface area contributed by atoms with Gasteiger partial charge in [0.2, 0.25) is 6.33 Å². The number of aryl methyl sites for hydroxylation is 2. The molecule has 0 fully saturated rings. The van der Waals surface area contributed by atoms with Crippen LogP contribution in [-0.2, 0) is 22.6 Å². The zero-order valence-corrected chi connectivity index (χ0v) is 16.8. The van der Waals surface area contributed by atoms with E-state index in [-0.39, 0.29) is 0 Å². The lowest BCUT2D eigenvalue weighted by Gasteiger charge is -2.03. The summed E-state index contributed by atoms with van der Waals surface area (Å²) in [5, 5.41) is 0. The van der Waals surface area contributed by atoms with Gasteiger partial charge in [-0.05, 0) is 51.4 Å². The van der Waals surface area contributed by atoms with E-state index in [0.717, 1.165) is 39.5 Å². The lowest BCUT2D eigenvalue weighted by Crippen LogP contribution is -2.30. The molecular formula is C21H41N2O2+. The number of ether oxygens (including phenoxy) is 2. The second-order valence-electron chi connectivity index (χ2n) is 6.94. The Morgan fingerprint density at radius 2 is 1.32 bits per heavy atom. The molecule has 0 saturated heterocycles. The summed E-state index contributed by atoms with van der Waals surface area (Å²) in [7, 11) is 0. The third-order valence-corrected chi connectivity index (χ3v) is 4.44. The molecule has 4 heteroatoms. The summed E-state index contributed by atoms with van der Waals surface area (Å²) in [6.07, 6.45) is 18.8. The first-order valence-corrected chi connectivity index (χ1v) is 10.6. The maximum atomic E-state index is 5.60. The van der Waals surface area contributed by atoms with E-state index in [1.165, 1.54) is 64.2 Å². The van der Waals surface area contributed by atoms with E-state index in [1.807, 2.05) is 0 Å². The Hall–Kier alpha value is -0.870. The van der Waals surface area contributed by atoms with E-state index >= 15 is 0 Å². The molecule has 0 aliphatic carbocycles. The standard InChI is InChI=1S/C21H41N2O2/c1-3-5-17-24-19-11-7-9-13-22-15-16-23(21-22)14-10-8-12-20-25-18-6-4-2/h15-16,21H,3-14,17-20H2,1-2H3/q+1. The van der Waals surface area contributed by atoms with Gasteiger partial charge >= 0.3 is 0 Å². The SMILES string of the molecule is CCCCOCCCCCn1cc[n+](CCCCCOCCCC)c1. The van der Waals surface area contributed by atoms with E-state index in [2.05, 4.69) is 41.7 Å². The first-order valence-electron chi connectivity index (χ1n) is 10.6. The second-order valence-corrected chi connectivity index (χ2v) is 6.94. The molecule has 0 aliphatic rings. The van der Waals surface area contributed by atoms with Crippen LogP contribution in [0.15, 0.2) is 18.7 Å². The van der Waals surface area contributed by atoms with Crippen molar-refractivity contribution in [3.8, 4) is 0 Å². The zero-order chi connectivity index (χ0) is 18.0. The number of hydrogen-bond donors (Lipinski definition) is 0. The average molecular weight is 354 g/mol. The van der Waals surface area contributed by atoms with Crippen molar-refractivity contribution in [1.82, 2.24) is 4.57 Å². The van der Waals surface area contributed by atoms with Gasteiger partial charge < -0.3 is 9.47 Å². The molecule has 0 N–H and O–H groups in total. The van der Waals surface area contributed by atoms with Gasteiger partial charge in [0.25, 0.3) is 0 Å². The van der Waals surface area contributed by atoms with Gasteiger partial charge in [-0.3, -0.25) is 0 Å². The molecule has 1 rings (SSSR count). The van der Waals surface area contributed by atoms with Crippen molar-refractivity contribution in [3.63, 3.8) is 0 Å². The minimum absolute atomic E-state index is 0.924. The van der Waals surface area contributed by atoms with Gasteiger partial charge in [0, 0.05) is 26.4 Å². The topological polar surface area (TPSA) is 27.3 Å². The fraction of sp³-hybridized carbons (Fsp3) is 0.857. The highest BCUT2D eigenvalue weighted by molar-refractivity contribution is 4.66. The molecule has 0 amide bonds. The highest BCUT2D eigenvalue weighted by Gasteiger charge is 2.03. The Morgan fingerprint density at radius 3 is 1.96 bits per heavy atom. The molecule has 4 nitrogen and oxygen atoms in total. The third-order valence-electron chi connectivity index (χ3n) is 4.44. The van der Waals surface area contributed by atoms with Crippen molar-refractivity contribution < 1.29 is 14.0 Å². The van der Waals surface area contributed by atoms with Crippen LogP contribution in [0.2, 0.25) is 0 Å². The molecule has 0 aromatic carbocycles. The molecule has 0 unspecified atom stereocenters. The summed E-state index contributed by atoms with van der Waals surface area (Å²) >= 11 is 0. The largest absolute Gasteiger partial charge is 0.381 e. The van der Waals surface area contributed by atoms with E-state index < -0.39 is 0 Å². The molecule has 25 heavy (non-hydrogen) atoms. The van der Waals surface area contributed by atoms with Crippen molar-refractivity contribution in [2.75, 3.05) is 26.4 Å². The number of hydrogen-bond acceptors (Lipinski definition) is 2. The van der Waals surface area contributed by atoms with Crippen LogP contribution in [0.25, 0.3) is 0 Å². The summed E-state index contributed by atoms with van der Waals surface area (Å²) < 4.78 is 15.8. The van der Waals surface area contributed by atoms with Crippen molar-refractivity contribution in [3.05, 3.63) is 18.7 Å². The van der Waals surface area contributed by atoms with E-state index in [1.54, 1.807) is 0 Å². The zero-order valence-electron chi connectivity index (χ0n) is 16.8. The molecular weight excluding hydrogens is 312 g/mol. The predicted molar refractivity (Wildman–Crippen MR) is 104 cm³/mol. The van der Waals surface area contributed by atoms with Gasteiger partial charge in [0.1, 0.15) is 12.4 Å². The molecule has 0 saturated carbocycles. The monoisotopic (exact) mass is 353 g/mol. The number of aromatic nitrogens is 2. The van der Waals surface area contributed by atoms with Crippen LogP contribution in [0.1, 0.15) is 78.1 Å². The lowest BCUT2D eigenvalue weighted by atomic mass is 10.2. The highest BCUT2D eigenvalue weighted by atomic mass is 16.5. The molecule has 0 atom stereocenters. The Morgan fingerprint density at radius 1 is 0.720 bits per heavy atom. The number of imidazole rings is 1. The van der Waals surface area contributed by atoms with Crippen LogP contribution in [0, 0.1) is 0 Å². The van der Waals surface area contributed by atoms with Gasteiger partial charge in [-0.1, -0.05) is 26.7 Å². The van der Waals surface area contributed by atoms with Crippen LogP contribution in [0.5, 0.6) is 0 Å². The predicted octanol–water partition coefficient (Wildman–Crippen LogP) is 4.75. The summed E-state index contributed by atoms with van der Waals surface area (Å²) in [5.41, 5.74) is 0. The Kier molecular flexibility index (Phi) is 14.7. The maximum Gasteiger partial charge on any atom is 0.243 e. The van der Waals surface area contributed by atoms with Crippen molar-refractivity contribution >= 4 is 0 Å². The van der Waals surface area contributed by atoms with Crippen LogP contribution in [0.3, 0.4) is 0 Å². The smallest absolute Gasteiger partial charge is 0.243 e. The van der Waals surface area contributed by atoms with Crippen molar-refractivity contribution in [2.24, 2.45) is 0 Å². The van der Waals surface area contributed by atoms with Gasteiger partial charge in [-0.2, -0.15) is 0 Å². The molecule has 146 valence electrons. The number of rotatable bonds is 18. The molecule has 1 aromatic heterocycles. The van der Waals surface area contributed by atoms with Crippen LogP contribution >= 0.6 is 0 Å². The molecule has 0 radical (unpaired) electrons. The Bertz CT molecular complexity index is 359. The van der Waals surface area contributed by atoms with Crippen LogP contribution in [-0.4, -0.2) is 31.0 Å². The lowest BCUT2D eigenvalue weighted by molar-refractivity contribution is -0.696. The molecule has 0 bridgehead atoms. The summed E-state index contributed by atoms with van der Waals surface area (Å²) in [6.45, 7) is 10.4. The molecule has 1 aromatic rings. The minimum Gasteiger partial charge on any atom is -0.381 e. The summed E-state index contributed by atoms with van der Waals surface area (Å²) in [6, 6.07) is 0. The van der Waals surface area contributed by atoms with Gasteiger partial charge in [-0.15, -0.1) is 0 Å². The number of nitrogens with zero attached hydrogens (tertiary/aromatic N) is 2. The normalized spacial score (nSPS) is 11.3. The summed E-state index contributed by atoms with van der Waals surface area (Å²) in [5.74, 6) is 0. The highest BCUT2D eigenvalue weighted by Crippen LogP contribution is 2.01. The first kappa shape index (κ1) is 22.2. The Balaban J connectivity index is 1.93. The quantitative estimate of drug-likeness (QED) is 0.281. The van der Waals surface area contributed by atoms with E-state index in [0.29, 0.717) is 0 Å². The van der Waals surface area contributed by atoms with Gasteiger partial charge in [0.15, 0.2) is 0 Å². The fourth-order valence-corrected chi connectivity index (χ4v) is 2.75. The van der Waals surface area contributed by atoms with Crippen LogP contribution < -0.4 is 4.57 Å². The van der Waals surface area contributed by atoms with Crippen LogP contribution in [0.4, 0.5) is 0 Å². The summed E-state index contributed by atoms with van der Waals surface area (Å²) in [4.78, 5) is 0. The first-order chi connectivity index (χ1) is 12.4. The molecule has 0 spiro atoms. The van der Waals surface area contributed by atoms with E-state index in [4.69, 9.17) is 9.47 Å². The fourth-order valence-electron chi connectivity index (χ4n) is 2.75. The second kappa shape index (κ2) is 16.6. The minimum atomic E-state index is 0.924. The van der Waals surface area contributed by atoms with Gasteiger partial charge in [-0.25, -0.2) is 9.13 Å². The Labute approximate surface area is 155 Å².